The van der Waals surface area contributed by atoms with Gasteiger partial charge < -0.3 is 14.8 Å². The summed E-state index contributed by atoms with van der Waals surface area (Å²) in [5, 5.41) is 13.2. The van der Waals surface area contributed by atoms with Crippen LogP contribution in [-0.4, -0.2) is 17.3 Å². The van der Waals surface area contributed by atoms with Gasteiger partial charge in [0.1, 0.15) is 11.5 Å². The Labute approximate surface area is 91.5 Å². The highest BCUT2D eigenvalue weighted by Crippen LogP contribution is 2.13. The van der Waals surface area contributed by atoms with E-state index in [1.54, 1.807) is 0 Å². The summed E-state index contributed by atoms with van der Waals surface area (Å²) in [6, 6.07) is 3.90. The Balaban J connectivity index is 2.32. The van der Waals surface area contributed by atoms with E-state index in [9.17, 15) is 5.11 Å². The van der Waals surface area contributed by atoms with Gasteiger partial charge in [-0.2, -0.15) is 0 Å². The molecule has 86 valence electrons. The van der Waals surface area contributed by atoms with Gasteiger partial charge in [-0.05, 0) is 31.9 Å². The number of furan rings is 1. The summed E-state index contributed by atoms with van der Waals surface area (Å²) in [6.07, 6.45) is 1.54. The van der Waals surface area contributed by atoms with Crippen LogP contribution in [0.25, 0.3) is 0 Å². The van der Waals surface area contributed by atoms with E-state index in [-0.39, 0.29) is 0 Å². The molecule has 3 heteroatoms. The molecule has 2 N–H and O–H groups in total. The molecule has 0 aliphatic heterocycles. The van der Waals surface area contributed by atoms with Crippen LogP contribution in [-0.2, 0) is 6.54 Å². The lowest BCUT2D eigenvalue weighted by Gasteiger charge is -2.25. The quantitative estimate of drug-likeness (QED) is 0.758. The predicted octanol–water partition coefficient (Wildman–Crippen LogP) is 2.23. The van der Waals surface area contributed by atoms with Crippen molar-refractivity contribution >= 4 is 0 Å². The Morgan fingerprint density at radius 2 is 2.00 bits per heavy atom. The van der Waals surface area contributed by atoms with E-state index in [1.807, 2.05) is 32.9 Å². The Bertz CT molecular complexity index is 290. The molecular weight excluding hydrogens is 190 g/mol. The molecule has 1 aromatic heterocycles. The number of rotatable bonds is 6. The molecule has 1 heterocycles. The average molecular weight is 211 g/mol. The van der Waals surface area contributed by atoms with Gasteiger partial charge >= 0.3 is 0 Å². The molecule has 0 radical (unpaired) electrons. The van der Waals surface area contributed by atoms with Crippen molar-refractivity contribution in [1.29, 1.82) is 0 Å². The number of nitrogens with one attached hydrogen (secondary N) is 1. The van der Waals surface area contributed by atoms with Gasteiger partial charge in [0.15, 0.2) is 0 Å². The standard InChI is InChI=1S/C12H21NO2/c1-4-12(14,5-2)9-13-8-11-7-6-10(3)15-11/h6-7,13-14H,4-5,8-9H2,1-3H3. The maximum absolute atomic E-state index is 10.0. The first-order valence-electron chi connectivity index (χ1n) is 5.58. The van der Waals surface area contributed by atoms with Crippen LogP contribution in [0.3, 0.4) is 0 Å². The molecule has 0 aliphatic rings. The van der Waals surface area contributed by atoms with Gasteiger partial charge in [-0.25, -0.2) is 0 Å². The molecule has 0 aliphatic carbocycles. The van der Waals surface area contributed by atoms with E-state index >= 15 is 0 Å². The summed E-state index contributed by atoms with van der Waals surface area (Å²) >= 11 is 0. The smallest absolute Gasteiger partial charge is 0.117 e. The maximum Gasteiger partial charge on any atom is 0.117 e. The molecule has 0 fully saturated rings. The zero-order chi connectivity index (χ0) is 11.3. The van der Waals surface area contributed by atoms with Crippen LogP contribution < -0.4 is 5.32 Å². The Hall–Kier alpha value is -0.800. The topological polar surface area (TPSA) is 45.4 Å². The Morgan fingerprint density at radius 3 is 2.47 bits per heavy atom. The maximum atomic E-state index is 10.0. The minimum atomic E-state index is -0.582. The van der Waals surface area contributed by atoms with Crippen LogP contribution in [0.4, 0.5) is 0 Å². The van der Waals surface area contributed by atoms with Gasteiger partial charge in [-0.1, -0.05) is 13.8 Å². The van der Waals surface area contributed by atoms with Gasteiger partial charge in [-0.15, -0.1) is 0 Å². The summed E-state index contributed by atoms with van der Waals surface area (Å²) in [5.41, 5.74) is -0.582. The molecule has 0 unspecified atom stereocenters. The van der Waals surface area contributed by atoms with Crippen molar-refractivity contribution in [3.05, 3.63) is 23.7 Å². The molecular formula is C12H21NO2. The average Bonchev–Trinajstić information content (AvgIpc) is 2.64. The van der Waals surface area contributed by atoms with Crippen molar-refractivity contribution in [3.63, 3.8) is 0 Å². The summed E-state index contributed by atoms with van der Waals surface area (Å²) in [7, 11) is 0. The van der Waals surface area contributed by atoms with Crippen LogP contribution in [0.2, 0.25) is 0 Å². The van der Waals surface area contributed by atoms with Crippen molar-refractivity contribution in [2.24, 2.45) is 0 Å². The van der Waals surface area contributed by atoms with Crippen molar-refractivity contribution in [2.75, 3.05) is 6.54 Å². The number of aliphatic hydroxyl groups is 1. The fourth-order valence-corrected chi connectivity index (χ4v) is 1.50. The van der Waals surface area contributed by atoms with Gasteiger partial charge in [-0.3, -0.25) is 0 Å². The number of hydrogen-bond donors (Lipinski definition) is 2. The van der Waals surface area contributed by atoms with Crippen LogP contribution in [0, 0.1) is 6.92 Å². The lowest BCUT2D eigenvalue weighted by atomic mass is 9.98. The lowest BCUT2D eigenvalue weighted by molar-refractivity contribution is 0.0319. The van der Waals surface area contributed by atoms with E-state index < -0.39 is 5.60 Å². The molecule has 15 heavy (non-hydrogen) atoms. The summed E-state index contributed by atoms with van der Waals surface area (Å²) < 4.78 is 5.42. The number of hydrogen-bond acceptors (Lipinski definition) is 3. The fraction of sp³-hybridized carbons (Fsp3) is 0.667. The monoisotopic (exact) mass is 211 g/mol. The van der Waals surface area contributed by atoms with Gasteiger partial charge in [0, 0.05) is 6.54 Å². The first kappa shape index (κ1) is 12.3. The molecule has 0 spiro atoms. The highest BCUT2D eigenvalue weighted by atomic mass is 16.3. The van der Waals surface area contributed by atoms with E-state index in [0.717, 1.165) is 24.4 Å². The third-order valence-electron chi connectivity index (χ3n) is 2.87. The molecule has 0 aromatic carbocycles. The molecule has 0 amide bonds. The third kappa shape index (κ3) is 3.68. The van der Waals surface area contributed by atoms with E-state index in [0.29, 0.717) is 13.1 Å². The highest BCUT2D eigenvalue weighted by molar-refractivity contribution is 5.05. The first-order chi connectivity index (χ1) is 7.09. The van der Waals surface area contributed by atoms with Crippen LogP contribution >= 0.6 is 0 Å². The van der Waals surface area contributed by atoms with E-state index in [1.165, 1.54) is 0 Å². The third-order valence-corrected chi connectivity index (χ3v) is 2.87. The van der Waals surface area contributed by atoms with Crippen LogP contribution in [0.15, 0.2) is 16.5 Å². The van der Waals surface area contributed by atoms with Crippen molar-refractivity contribution in [1.82, 2.24) is 5.32 Å². The molecule has 0 bridgehead atoms. The van der Waals surface area contributed by atoms with Gasteiger partial charge in [0.2, 0.25) is 0 Å². The largest absolute Gasteiger partial charge is 0.465 e. The predicted molar refractivity (Wildman–Crippen MR) is 60.7 cm³/mol. The Kier molecular flexibility index (Phi) is 4.36. The van der Waals surface area contributed by atoms with E-state index in [2.05, 4.69) is 5.32 Å². The fourth-order valence-electron chi connectivity index (χ4n) is 1.50. The summed E-state index contributed by atoms with van der Waals surface area (Å²) in [6.45, 7) is 7.22. The molecule has 3 nitrogen and oxygen atoms in total. The van der Waals surface area contributed by atoms with Gasteiger partial charge in [0.05, 0.1) is 12.1 Å². The number of aryl methyl sites for hydroxylation is 1. The van der Waals surface area contributed by atoms with Gasteiger partial charge in [0.25, 0.3) is 0 Å². The van der Waals surface area contributed by atoms with E-state index in [4.69, 9.17) is 4.42 Å². The molecule has 1 rings (SSSR count). The molecule has 0 atom stereocenters. The van der Waals surface area contributed by atoms with Crippen molar-refractivity contribution < 1.29 is 9.52 Å². The van der Waals surface area contributed by atoms with Crippen molar-refractivity contribution in [3.8, 4) is 0 Å². The second-order valence-corrected chi connectivity index (χ2v) is 4.05. The molecule has 0 saturated heterocycles. The molecule has 1 aromatic rings. The van der Waals surface area contributed by atoms with Crippen LogP contribution in [0.5, 0.6) is 0 Å². The second-order valence-electron chi connectivity index (χ2n) is 4.05. The zero-order valence-corrected chi connectivity index (χ0v) is 9.84. The van der Waals surface area contributed by atoms with Crippen molar-refractivity contribution in [2.45, 2.75) is 45.8 Å². The van der Waals surface area contributed by atoms with Crippen LogP contribution in [0.1, 0.15) is 38.2 Å². The minimum absolute atomic E-state index is 0.582. The molecule has 0 saturated carbocycles. The first-order valence-corrected chi connectivity index (χ1v) is 5.58. The normalized spacial score (nSPS) is 12.0. The Morgan fingerprint density at radius 1 is 1.33 bits per heavy atom. The summed E-state index contributed by atoms with van der Waals surface area (Å²) in [5.74, 6) is 1.84. The second kappa shape index (κ2) is 5.33. The highest BCUT2D eigenvalue weighted by Gasteiger charge is 2.21. The lowest BCUT2D eigenvalue weighted by Crippen LogP contribution is -2.39. The SMILES string of the molecule is CCC(O)(CC)CNCc1ccc(C)o1. The summed E-state index contributed by atoms with van der Waals surface area (Å²) in [4.78, 5) is 0. The minimum Gasteiger partial charge on any atom is -0.465 e. The zero-order valence-electron chi connectivity index (χ0n) is 9.84.